The highest BCUT2D eigenvalue weighted by molar-refractivity contribution is 9.10. The molecule has 1 atom stereocenters. The molecular formula is C14H10BrFO3S. The van der Waals surface area contributed by atoms with Gasteiger partial charge in [-0.1, -0.05) is 28.1 Å². The number of rotatable bonds is 4. The van der Waals surface area contributed by atoms with Crippen LogP contribution in [-0.4, -0.2) is 15.3 Å². The van der Waals surface area contributed by atoms with Gasteiger partial charge in [0.15, 0.2) is 0 Å². The van der Waals surface area contributed by atoms with Crippen LogP contribution in [0.15, 0.2) is 51.8 Å². The van der Waals surface area contributed by atoms with E-state index >= 15 is 0 Å². The van der Waals surface area contributed by atoms with E-state index in [1.165, 1.54) is 30.3 Å². The molecule has 0 aliphatic carbocycles. The lowest BCUT2D eigenvalue weighted by molar-refractivity contribution is 0.0697. The number of carboxylic acid groups (broad SMARTS) is 1. The van der Waals surface area contributed by atoms with E-state index in [9.17, 15) is 13.4 Å². The summed E-state index contributed by atoms with van der Waals surface area (Å²) in [5.41, 5.74) is 0.856. The van der Waals surface area contributed by atoms with Gasteiger partial charge in [0.1, 0.15) is 5.82 Å². The number of aromatic carboxylic acids is 1. The Bertz CT molecular complexity index is 688. The Kier molecular flexibility index (Phi) is 4.67. The van der Waals surface area contributed by atoms with Gasteiger partial charge in [0.25, 0.3) is 0 Å². The molecule has 2 aromatic rings. The van der Waals surface area contributed by atoms with Crippen molar-refractivity contribution >= 4 is 32.7 Å². The molecule has 0 aliphatic heterocycles. The first kappa shape index (κ1) is 14.9. The quantitative estimate of drug-likeness (QED) is 0.910. The third kappa shape index (κ3) is 3.52. The molecule has 0 radical (unpaired) electrons. The number of halogens is 2. The predicted octanol–water partition coefficient (Wildman–Crippen LogP) is 3.59. The Morgan fingerprint density at radius 2 is 2.00 bits per heavy atom. The van der Waals surface area contributed by atoms with Crippen LogP contribution in [0.25, 0.3) is 0 Å². The highest BCUT2D eigenvalue weighted by atomic mass is 79.9. The van der Waals surface area contributed by atoms with Crippen LogP contribution in [0.3, 0.4) is 0 Å². The molecule has 104 valence electrons. The Labute approximate surface area is 126 Å². The van der Waals surface area contributed by atoms with Crippen molar-refractivity contribution in [3.8, 4) is 0 Å². The summed E-state index contributed by atoms with van der Waals surface area (Å²) in [6.45, 7) is 0. The minimum Gasteiger partial charge on any atom is -0.478 e. The summed E-state index contributed by atoms with van der Waals surface area (Å²) < 4.78 is 25.8. The van der Waals surface area contributed by atoms with Crippen LogP contribution in [0.2, 0.25) is 0 Å². The van der Waals surface area contributed by atoms with Crippen molar-refractivity contribution < 1.29 is 18.5 Å². The fourth-order valence-electron chi connectivity index (χ4n) is 1.63. The molecule has 0 aromatic heterocycles. The van der Waals surface area contributed by atoms with Gasteiger partial charge < -0.3 is 5.11 Å². The van der Waals surface area contributed by atoms with Crippen LogP contribution in [-0.2, 0) is 16.6 Å². The summed E-state index contributed by atoms with van der Waals surface area (Å²) in [6.07, 6.45) is 0. The van der Waals surface area contributed by atoms with E-state index in [0.717, 1.165) is 0 Å². The number of hydrogen-bond donors (Lipinski definition) is 1. The van der Waals surface area contributed by atoms with E-state index in [0.29, 0.717) is 14.9 Å². The van der Waals surface area contributed by atoms with E-state index in [4.69, 9.17) is 5.11 Å². The highest BCUT2D eigenvalue weighted by Crippen LogP contribution is 2.22. The van der Waals surface area contributed by atoms with Crippen molar-refractivity contribution in [3.63, 3.8) is 0 Å². The number of benzene rings is 2. The zero-order valence-electron chi connectivity index (χ0n) is 10.2. The lowest BCUT2D eigenvalue weighted by Gasteiger charge is -2.06. The van der Waals surface area contributed by atoms with Gasteiger partial charge in [-0.15, -0.1) is 0 Å². The molecule has 0 spiro atoms. The molecule has 1 unspecified atom stereocenters. The average molecular weight is 357 g/mol. The molecule has 0 bridgehead atoms. The van der Waals surface area contributed by atoms with Gasteiger partial charge in [0.2, 0.25) is 0 Å². The standard InChI is InChI=1S/C14H10BrFO3S/c15-13-6-9(14(17)18)4-5-10(13)8-20(19)12-3-1-2-11(16)7-12/h1-7H,8H2,(H,17,18). The van der Waals surface area contributed by atoms with E-state index in [-0.39, 0.29) is 11.3 Å². The van der Waals surface area contributed by atoms with Crippen LogP contribution >= 0.6 is 15.9 Å². The lowest BCUT2D eigenvalue weighted by atomic mass is 10.1. The topological polar surface area (TPSA) is 54.4 Å². The number of carbonyl (C=O) groups is 1. The van der Waals surface area contributed by atoms with E-state index < -0.39 is 22.6 Å². The molecule has 1 N–H and O–H groups in total. The molecule has 2 rings (SSSR count). The fraction of sp³-hybridized carbons (Fsp3) is 0.0714. The SMILES string of the molecule is O=C(O)c1ccc(CS(=O)c2cccc(F)c2)c(Br)c1. The molecule has 3 nitrogen and oxygen atoms in total. The van der Waals surface area contributed by atoms with Crippen LogP contribution in [0.1, 0.15) is 15.9 Å². The van der Waals surface area contributed by atoms with Crippen molar-refractivity contribution in [2.75, 3.05) is 0 Å². The Hall–Kier alpha value is -1.53. The van der Waals surface area contributed by atoms with Crippen LogP contribution < -0.4 is 0 Å². The monoisotopic (exact) mass is 356 g/mol. The van der Waals surface area contributed by atoms with Gasteiger partial charge in [0, 0.05) is 9.37 Å². The maximum absolute atomic E-state index is 13.1. The van der Waals surface area contributed by atoms with Gasteiger partial charge in [-0.25, -0.2) is 9.18 Å². The zero-order chi connectivity index (χ0) is 14.7. The second-order valence-electron chi connectivity index (χ2n) is 4.06. The summed E-state index contributed by atoms with van der Waals surface area (Å²) >= 11 is 3.26. The van der Waals surface area contributed by atoms with Crippen LogP contribution in [0.5, 0.6) is 0 Å². The largest absolute Gasteiger partial charge is 0.478 e. The number of carboxylic acids is 1. The molecule has 0 saturated carbocycles. The molecule has 0 amide bonds. The molecule has 0 aliphatic rings. The molecule has 20 heavy (non-hydrogen) atoms. The number of hydrogen-bond acceptors (Lipinski definition) is 2. The first-order chi connectivity index (χ1) is 9.47. The zero-order valence-corrected chi connectivity index (χ0v) is 12.6. The van der Waals surface area contributed by atoms with E-state index in [1.807, 2.05) is 0 Å². The molecular weight excluding hydrogens is 347 g/mol. The third-order valence-corrected chi connectivity index (χ3v) is 4.74. The summed E-state index contributed by atoms with van der Waals surface area (Å²) in [7, 11) is -1.39. The molecule has 2 aromatic carbocycles. The first-order valence-corrected chi connectivity index (χ1v) is 7.74. The average Bonchev–Trinajstić information content (AvgIpc) is 2.40. The van der Waals surface area contributed by atoms with Crippen LogP contribution in [0.4, 0.5) is 4.39 Å². The summed E-state index contributed by atoms with van der Waals surface area (Å²) in [5, 5.41) is 8.87. The van der Waals surface area contributed by atoms with Gasteiger partial charge in [-0.2, -0.15) is 0 Å². The minimum absolute atomic E-state index is 0.150. The summed E-state index contributed by atoms with van der Waals surface area (Å²) in [4.78, 5) is 11.2. The van der Waals surface area contributed by atoms with Gasteiger partial charge in [-0.3, -0.25) is 4.21 Å². The highest BCUT2D eigenvalue weighted by Gasteiger charge is 2.11. The molecule has 6 heteroatoms. The Morgan fingerprint density at radius 1 is 1.25 bits per heavy atom. The molecule has 0 saturated heterocycles. The van der Waals surface area contributed by atoms with Gasteiger partial charge in [0.05, 0.1) is 22.1 Å². The van der Waals surface area contributed by atoms with Crippen molar-refractivity contribution in [2.45, 2.75) is 10.6 Å². The van der Waals surface area contributed by atoms with Crippen molar-refractivity contribution in [2.24, 2.45) is 0 Å². The van der Waals surface area contributed by atoms with Crippen LogP contribution in [0, 0.1) is 5.82 Å². The predicted molar refractivity (Wildman–Crippen MR) is 77.6 cm³/mol. The van der Waals surface area contributed by atoms with E-state index in [1.54, 1.807) is 12.1 Å². The minimum atomic E-state index is -1.39. The third-order valence-electron chi connectivity index (χ3n) is 2.65. The van der Waals surface area contributed by atoms with Crippen molar-refractivity contribution in [3.05, 3.63) is 63.9 Å². The fourth-order valence-corrected chi connectivity index (χ4v) is 3.51. The Balaban J connectivity index is 2.22. The van der Waals surface area contributed by atoms with Crippen molar-refractivity contribution in [1.82, 2.24) is 0 Å². The smallest absolute Gasteiger partial charge is 0.335 e. The first-order valence-electron chi connectivity index (χ1n) is 5.63. The molecule has 0 heterocycles. The normalized spacial score (nSPS) is 12.1. The van der Waals surface area contributed by atoms with Gasteiger partial charge in [-0.05, 0) is 35.9 Å². The molecule has 0 fully saturated rings. The van der Waals surface area contributed by atoms with Gasteiger partial charge >= 0.3 is 5.97 Å². The maximum Gasteiger partial charge on any atom is 0.335 e. The van der Waals surface area contributed by atoms with E-state index in [2.05, 4.69) is 15.9 Å². The lowest BCUT2D eigenvalue weighted by Crippen LogP contribution is -2.01. The second-order valence-corrected chi connectivity index (χ2v) is 6.36. The summed E-state index contributed by atoms with van der Waals surface area (Å²) in [5.74, 6) is -1.27. The maximum atomic E-state index is 13.1. The second kappa shape index (κ2) is 6.28. The summed E-state index contributed by atoms with van der Waals surface area (Å²) in [6, 6.07) is 10.1. The Morgan fingerprint density at radius 3 is 2.60 bits per heavy atom. The van der Waals surface area contributed by atoms with Crippen molar-refractivity contribution in [1.29, 1.82) is 0 Å².